The number of aromatic nitrogens is 2. The number of alkyl halides is 3. The summed E-state index contributed by atoms with van der Waals surface area (Å²) in [6.07, 6.45) is -4.55. The third kappa shape index (κ3) is 5.44. The van der Waals surface area contributed by atoms with Crippen molar-refractivity contribution in [3.63, 3.8) is 0 Å². The summed E-state index contributed by atoms with van der Waals surface area (Å²) in [6.45, 7) is 0. The molecule has 2 amide bonds. The predicted octanol–water partition coefficient (Wildman–Crippen LogP) is 4.49. The number of amides is 2. The molecule has 0 saturated heterocycles. The molecule has 0 radical (unpaired) electrons. The van der Waals surface area contributed by atoms with Gasteiger partial charge >= 0.3 is 6.18 Å². The quantitative estimate of drug-likeness (QED) is 0.417. The summed E-state index contributed by atoms with van der Waals surface area (Å²) in [5, 5.41) is 5.79. The Hall–Kier alpha value is -3.99. The van der Waals surface area contributed by atoms with Crippen LogP contribution in [0.15, 0.2) is 70.6 Å². The van der Waals surface area contributed by atoms with Gasteiger partial charge in [-0.15, -0.1) is 11.3 Å². The summed E-state index contributed by atoms with van der Waals surface area (Å²) in [5.41, 5.74) is 5.44. The molecule has 0 aliphatic heterocycles. The zero-order valence-corrected chi connectivity index (χ0v) is 17.5. The van der Waals surface area contributed by atoms with E-state index in [1.807, 2.05) is 18.2 Å². The highest BCUT2D eigenvalue weighted by atomic mass is 32.1. The lowest BCUT2D eigenvalue weighted by atomic mass is 10.1. The molecule has 4 rings (SSSR count). The van der Waals surface area contributed by atoms with Gasteiger partial charge in [0.1, 0.15) is 5.01 Å². The van der Waals surface area contributed by atoms with Crippen molar-refractivity contribution in [1.82, 2.24) is 21.0 Å². The Kier molecular flexibility index (Phi) is 6.22. The zero-order valence-electron chi connectivity index (χ0n) is 16.7. The molecule has 11 heteroatoms. The fourth-order valence-electron chi connectivity index (χ4n) is 2.84. The second kappa shape index (κ2) is 9.25. The van der Waals surface area contributed by atoms with E-state index in [1.54, 1.807) is 17.5 Å². The summed E-state index contributed by atoms with van der Waals surface area (Å²) in [5.74, 6) is -0.775. The Labute approximate surface area is 189 Å². The van der Waals surface area contributed by atoms with Gasteiger partial charge in [-0.2, -0.15) is 13.2 Å². The van der Waals surface area contributed by atoms with E-state index in [2.05, 4.69) is 21.0 Å². The highest BCUT2D eigenvalue weighted by Gasteiger charge is 2.30. The van der Waals surface area contributed by atoms with Gasteiger partial charge < -0.3 is 4.52 Å². The number of rotatable bonds is 5. The van der Waals surface area contributed by atoms with E-state index >= 15 is 0 Å². The number of carbonyl (C=O) groups excluding carboxylic acids is 2. The van der Waals surface area contributed by atoms with Crippen LogP contribution in [0.25, 0.3) is 21.9 Å². The smallest absolute Gasteiger partial charge is 0.355 e. The van der Waals surface area contributed by atoms with Crippen LogP contribution >= 0.6 is 11.3 Å². The first-order chi connectivity index (χ1) is 15.8. The minimum Gasteiger partial charge on any atom is -0.355 e. The largest absolute Gasteiger partial charge is 0.416 e. The molecule has 2 heterocycles. The van der Waals surface area contributed by atoms with E-state index in [-0.39, 0.29) is 12.1 Å². The van der Waals surface area contributed by atoms with Crippen LogP contribution in [0.3, 0.4) is 0 Å². The number of benzene rings is 2. The lowest BCUT2D eigenvalue weighted by Gasteiger charge is -2.06. The van der Waals surface area contributed by atoms with Gasteiger partial charge in [0.05, 0.1) is 17.7 Å². The number of halogens is 3. The van der Waals surface area contributed by atoms with Gasteiger partial charge in [0.25, 0.3) is 5.91 Å². The molecule has 2 N–H and O–H groups in total. The number of nitrogens with one attached hydrogen (secondary N) is 2. The minimum atomic E-state index is -4.41. The first-order valence-corrected chi connectivity index (χ1v) is 10.4. The molecule has 0 aliphatic rings. The number of nitrogens with zero attached hydrogens (tertiary/aromatic N) is 2. The van der Waals surface area contributed by atoms with Gasteiger partial charge in [0, 0.05) is 22.6 Å². The van der Waals surface area contributed by atoms with Crippen molar-refractivity contribution >= 4 is 23.2 Å². The molecule has 0 saturated carbocycles. The third-order valence-corrected chi connectivity index (χ3v) is 5.41. The Balaban J connectivity index is 1.31. The molecule has 0 bridgehead atoms. The molecule has 0 unspecified atom stereocenters. The fraction of sp³-hybridized carbons (Fsp3) is 0.0909. The average molecular weight is 472 g/mol. The van der Waals surface area contributed by atoms with Crippen molar-refractivity contribution in [2.45, 2.75) is 12.6 Å². The maximum atomic E-state index is 12.7. The number of hydrogen-bond acceptors (Lipinski definition) is 6. The summed E-state index contributed by atoms with van der Waals surface area (Å²) in [4.78, 5) is 28.6. The van der Waals surface area contributed by atoms with Crippen molar-refractivity contribution in [2.75, 3.05) is 0 Å². The number of hydrogen-bond donors (Lipinski definition) is 2. The van der Waals surface area contributed by atoms with Crippen molar-refractivity contribution in [3.05, 3.63) is 83.0 Å². The second-order valence-electron chi connectivity index (χ2n) is 6.84. The van der Waals surface area contributed by atoms with E-state index in [0.29, 0.717) is 22.0 Å². The number of thiazole rings is 1. The third-order valence-electron chi connectivity index (χ3n) is 4.47. The summed E-state index contributed by atoms with van der Waals surface area (Å²) < 4.78 is 43.2. The summed E-state index contributed by atoms with van der Waals surface area (Å²) in [7, 11) is 0. The molecule has 4 aromatic rings. The molecule has 33 heavy (non-hydrogen) atoms. The summed E-state index contributed by atoms with van der Waals surface area (Å²) in [6, 6.07) is 15.1. The molecule has 0 aliphatic carbocycles. The van der Waals surface area contributed by atoms with E-state index in [9.17, 15) is 22.8 Å². The normalized spacial score (nSPS) is 11.2. The Morgan fingerprint density at radius 2 is 1.70 bits per heavy atom. The molecular formula is C22H15F3N4O3S. The van der Waals surface area contributed by atoms with Crippen LogP contribution < -0.4 is 10.9 Å². The molecule has 2 aromatic carbocycles. The standard InChI is InChI=1S/C22H15F3N4O3S/c23-22(24,25)15-8-6-14(7-9-15)21-26-16(12-33-21)10-19(30)27-28-20(31)17-11-18(32-29-17)13-4-2-1-3-5-13/h1-9,11-12H,10H2,(H,27,30)(H,28,31). The van der Waals surface area contributed by atoms with Gasteiger partial charge in [-0.05, 0) is 12.1 Å². The average Bonchev–Trinajstić information content (AvgIpc) is 3.48. The topological polar surface area (TPSA) is 97.1 Å². The van der Waals surface area contributed by atoms with Crippen molar-refractivity contribution in [2.24, 2.45) is 0 Å². The van der Waals surface area contributed by atoms with Crippen molar-refractivity contribution < 1.29 is 27.3 Å². The van der Waals surface area contributed by atoms with Gasteiger partial charge in [-0.1, -0.05) is 47.6 Å². The van der Waals surface area contributed by atoms with Crippen molar-refractivity contribution in [1.29, 1.82) is 0 Å². The highest BCUT2D eigenvalue weighted by molar-refractivity contribution is 7.13. The van der Waals surface area contributed by atoms with Crippen LogP contribution in [0.5, 0.6) is 0 Å². The van der Waals surface area contributed by atoms with Crippen LogP contribution in [0.4, 0.5) is 13.2 Å². The lowest BCUT2D eigenvalue weighted by Crippen LogP contribution is -2.42. The van der Waals surface area contributed by atoms with Crippen LogP contribution in [-0.4, -0.2) is 22.0 Å². The molecule has 0 spiro atoms. The van der Waals surface area contributed by atoms with Crippen LogP contribution in [0.1, 0.15) is 21.7 Å². The Morgan fingerprint density at radius 3 is 2.39 bits per heavy atom. The molecule has 168 valence electrons. The maximum Gasteiger partial charge on any atom is 0.416 e. The van der Waals surface area contributed by atoms with Gasteiger partial charge in [0.15, 0.2) is 11.5 Å². The van der Waals surface area contributed by atoms with Crippen LogP contribution in [0.2, 0.25) is 0 Å². The van der Waals surface area contributed by atoms with E-state index in [1.165, 1.54) is 29.5 Å². The molecule has 2 aromatic heterocycles. The minimum absolute atomic E-state index is 0.00704. The molecular weight excluding hydrogens is 457 g/mol. The number of carbonyl (C=O) groups is 2. The first-order valence-electron chi connectivity index (χ1n) is 9.53. The van der Waals surface area contributed by atoms with E-state index < -0.39 is 23.6 Å². The second-order valence-corrected chi connectivity index (χ2v) is 7.70. The SMILES string of the molecule is O=C(Cc1csc(-c2ccc(C(F)(F)F)cc2)n1)NNC(=O)c1cc(-c2ccccc2)on1. The molecule has 0 atom stereocenters. The fourth-order valence-corrected chi connectivity index (χ4v) is 3.67. The van der Waals surface area contributed by atoms with Gasteiger partial charge in [0.2, 0.25) is 5.91 Å². The Bertz CT molecular complexity index is 1270. The van der Waals surface area contributed by atoms with E-state index in [0.717, 1.165) is 17.7 Å². The molecule has 7 nitrogen and oxygen atoms in total. The van der Waals surface area contributed by atoms with Gasteiger partial charge in [-0.3, -0.25) is 20.4 Å². The first kappa shape index (κ1) is 22.2. The monoisotopic (exact) mass is 472 g/mol. The Morgan fingerprint density at radius 1 is 0.970 bits per heavy atom. The summed E-state index contributed by atoms with van der Waals surface area (Å²) >= 11 is 1.20. The molecule has 0 fully saturated rings. The lowest BCUT2D eigenvalue weighted by molar-refractivity contribution is -0.137. The highest BCUT2D eigenvalue weighted by Crippen LogP contribution is 2.31. The zero-order chi connectivity index (χ0) is 23.4. The van der Waals surface area contributed by atoms with Crippen LogP contribution in [-0.2, 0) is 17.4 Å². The number of hydrazine groups is 1. The van der Waals surface area contributed by atoms with E-state index in [4.69, 9.17) is 4.52 Å². The maximum absolute atomic E-state index is 12.7. The van der Waals surface area contributed by atoms with Gasteiger partial charge in [-0.25, -0.2) is 4.98 Å². The predicted molar refractivity (Wildman–Crippen MR) is 114 cm³/mol. The van der Waals surface area contributed by atoms with Crippen molar-refractivity contribution in [3.8, 4) is 21.9 Å². The van der Waals surface area contributed by atoms with Crippen LogP contribution in [0, 0.1) is 0 Å².